The smallest absolute Gasteiger partial charge is 0.160 e. The van der Waals surface area contributed by atoms with Gasteiger partial charge in [-0.05, 0) is 100 Å². The van der Waals surface area contributed by atoms with Crippen molar-refractivity contribution in [3.63, 3.8) is 0 Å². The van der Waals surface area contributed by atoms with Gasteiger partial charge in [-0.15, -0.1) is 0 Å². The average molecular weight is 717 g/mol. The van der Waals surface area contributed by atoms with E-state index < -0.39 is 0 Å². The van der Waals surface area contributed by atoms with Gasteiger partial charge in [0.15, 0.2) is 5.82 Å². The first-order valence-corrected chi connectivity index (χ1v) is 18.8. The number of para-hydroxylation sites is 2. The Hall–Kier alpha value is -7.56. The molecule has 0 aliphatic carbocycles. The molecule has 0 fully saturated rings. The van der Waals surface area contributed by atoms with Gasteiger partial charge < -0.3 is 8.83 Å². The van der Waals surface area contributed by atoms with Gasteiger partial charge in [0.05, 0.1) is 11.4 Å². The summed E-state index contributed by atoms with van der Waals surface area (Å²) < 4.78 is 12.4. The lowest BCUT2D eigenvalue weighted by molar-refractivity contribution is 0.668. The average Bonchev–Trinajstić information content (AvgIpc) is 3.84. The molecule has 4 nitrogen and oxygen atoms in total. The Labute approximate surface area is 323 Å². The fraction of sp³-hybridized carbons (Fsp3) is 0. The third-order valence-corrected chi connectivity index (χ3v) is 10.7. The lowest BCUT2D eigenvalue weighted by Gasteiger charge is -2.14. The van der Waals surface area contributed by atoms with Crippen LogP contribution in [0.3, 0.4) is 0 Å². The van der Waals surface area contributed by atoms with Gasteiger partial charge in [-0.25, -0.2) is 9.97 Å². The Morgan fingerprint density at radius 1 is 0.250 bits per heavy atom. The van der Waals surface area contributed by atoms with Gasteiger partial charge in [-0.3, -0.25) is 0 Å². The summed E-state index contributed by atoms with van der Waals surface area (Å²) in [6, 6.07) is 67.6. The molecule has 11 rings (SSSR count). The predicted octanol–water partition coefficient (Wildman–Crippen LogP) is 14.3. The molecule has 3 aromatic heterocycles. The Morgan fingerprint density at radius 2 is 0.661 bits per heavy atom. The highest BCUT2D eigenvalue weighted by Crippen LogP contribution is 2.39. The maximum Gasteiger partial charge on any atom is 0.160 e. The fourth-order valence-corrected chi connectivity index (χ4v) is 7.84. The minimum Gasteiger partial charge on any atom is -0.456 e. The van der Waals surface area contributed by atoms with E-state index in [1.54, 1.807) is 0 Å². The van der Waals surface area contributed by atoms with Gasteiger partial charge in [0.25, 0.3) is 0 Å². The molecule has 0 spiro atoms. The van der Waals surface area contributed by atoms with Crippen molar-refractivity contribution < 1.29 is 8.83 Å². The second kappa shape index (κ2) is 13.1. The number of hydrogen-bond donors (Lipinski definition) is 0. The molecule has 11 aromatic rings. The Kier molecular flexibility index (Phi) is 7.46. The maximum absolute atomic E-state index is 6.21. The van der Waals surface area contributed by atoms with E-state index in [0.717, 1.165) is 94.2 Å². The van der Waals surface area contributed by atoms with E-state index in [9.17, 15) is 0 Å². The summed E-state index contributed by atoms with van der Waals surface area (Å²) in [7, 11) is 0. The quantitative estimate of drug-likeness (QED) is 0.172. The molecule has 8 aromatic carbocycles. The zero-order valence-electron chi connectivity index (χ0n) is 30.2. The summed E-state index contributed by atoms with van der Waals surface area (Å²) >= 11 is 0. The summed E-state index contributed by atoms with van der Waals surface area (Å²) in [6.07, 6.45) is 0. The van der Waals surface area contributed by atoms with Crippen LogP contribution in [0.5, 0.6) is 0 Å². The van der Waals surface area contributed by atoms with E-state index in [-0.39, 0.29) is 0 Å². The molecule has 3 heterocycles. The number of fused-ring (bicyclic) bond motifs is 6. The highest BCUT2D eigenvalue weighted by molar-refractivity contribution is 6.07. The number of rotatable bonds is 6. The minimum atomic E-state index is 0.667. The molecule has 56 heavy (non-hydrogen) atoms. The molecule has 0 amide bonds. The molecule has 0 saturated heterocycles. The van der Waals surface area contributed by atoms with Crippen LogP contribution in [0.2, 0.25) is 0 Å². The standard InChI is InChI=1S/C52H32N2O2/c1-3-11-33(12-4-1)34-19-21-35(22-20-34)39-27-40(37-23-25-50-44(30-37)42-15-7-9-17-48(42)55-50)29-41(28-39)47-32-46(53-52(54-47)36-13-5-2-6-14-36)38-24-26-51-45(31-38)43-16-8-10-18-49(43)56-51/h1-32H. The van der Waals surface area contributed by atoms with Crippen molar-refractivity contribution in [3.05, 3.63) is 194 Å². The van der Waals surface area contributed by atoms with Crippen molar-refractivity contribution in [1.82, 2.24) is 9.97 Å². The monoisotopic (exact) mass is 716 g/mol. The minimum absolute atomic E-state index is 0.667. The van der Waals surface area contributed by atoms with Crippen molar-refractivity contribution >= 4 is 43.9 Å². The first kappa shape index (κ1) is 31.9. The summed E-state index contributed by atoms with van der Waals surface area (Å²) in [4.78, 5) is 10.4. The van der Waals surface area contributed by atoms with Crippen LogP contribution in [0.1, 0.15) is 0 Å². The molecule has 0 aliphatic rings. The normalized spacial score (nSPS) is 11.6. The second-order valence-corrected chi connectivity index (χ2v) is 14.2. The van der Waals surface area contributed by atoms with Crippen LogP contribution in [-0.4, -0.2) is 9.97 Å². The second-order valence-electron chi connectivity index (χ2n) is 14.2. The van der Waals surface area contributed by atoms with Crippen LogP contribution in [0.25, 0.3) is 111 Å². The number of furan rings is 2. The number of nitrogens with zero attached hydrogens (tertiary/aromatic N) is 2. The Balaban J connectivity index is 1.11. The van der Waals surface area contributed by atoms with Crippen LogP contribution >= 0.6 is 0 Å². The molecule has 0 saturated carbocycles. The van der Waals surface area contributed by atoms with Gasteiger partial charge in [-0.2, -0.15) is 0 Å². The molecule has 262 valence electrons. The first-order chi connectivity index (χ1) is 27.7. The zero-order valence-corrected chi connectivity index (χ0v) is 30.2. The largest absolute Gasteiger partial charge is 0.456 e. The van der Waals surface area contributed by atoms with Gasteiger partial charge in [0.1, 0.15) is 22.3 Å². The van der Waals surface area contributed by atoms with E-state index in [4.69, 9.17) is 18.8 Å². The maximum atomic E-state index is 6.21. The third kappa shape index (κ3) is 5.64. The van der Waals surface area contributed by atoms with E-state index in [0.29, 0.717) is 5.82 Å². The van der Waals surface area contributed by atoms with Crippen molar-refractivity contribution in [1.29, 1.82) is 0 Å². The molecular weight excluding hydrogens is 685 g/mol. The van der Waals surface area contributed by atoms with E-state index >= 15 is 0 Å². The molecule has 4 heteroatoms. The summed E-state index contributed by atoms with van der Waals surface area (Å²) in [5.41, 5.74) is 14.9. The molecule has 0 unspecified atom stereocenters. The Morgan fingerprint density at radius 3 is 1.29 bits per heavy atom. The lowest BCUT2D eigenvalue weighted by atomic mass is 9.93. The highest BCUT2D eigenvalue weighted by atomic mass is 16.3. The number of benzene rings is 8. The first-order valence-electron chi connectivity index (χ1n) is 18.8. The zero-order chi connectivity index (χ0) is 37.0. The van der Waals surface area contributed by atoms with Crippen molar-refractivity contribution in [2.75, 3.05) is 0 Å². The van der Waals surface area contributed by atoms with Gasteiger partial charge in [-0.1, -0.05) is 127 Å². The van der Waals surface area contributed by atoms with E-state index in [1.807, 2.05) is 60.7 Å². The predicted molar refractivity (Wildman–Crippen MR) is 229 cm³/mol. The van der Waals surface area contributed by atoms with Crippen LogP contribution in [-0.2, 0) is 0 Å². The topological polar surface area (TPSA) is 52.1 Å². The third-order valence-electron chi connectivity index (χ3n) is 10.7. The summed E-state index contributed by atoms with van der Waals surface area (Å²) in [5, 5.41) is 4.34. The molecule has 0 atom stereocenters. The van der Waals surface area contributed by atoms with Crippen LogP contribution in [0, 0.1) is 0 Å². The van der Waals surface area contributed by atoms with Crippen molar-refractivity contribution in [3.8, 4) is 67.3 Å². The van der Waals surface area contributed by atoms with Crippen molar-refractivity contribution in [2.45, 2.75) is 0 Å². The number of hydrogen-bond acceptors (Lipinski definition) is 4. The van der Waals surface area contributed by atoms with E-state index in [1.165, 1.54) is 11.1 Å². The van der Waals surface area contributed by atoms with Crippen molar-refractivity contribution in [2.24, 2.45) is 0 Å². The fourth-order valence-electron chi connectivity index (χ4n) is 7.84. The molecule has 0 N–H and O–H groups in total. The molecule has 0 radical (unpaired) electrons. The molecular formula is C52H32N2O2. The van der Waals surface area contributed by atoms with E-state index in [2.05, 4.69) is 133 Å². The lowest BCUT2D eigenvalue weighted by Crippen LogP contribution is -1.96. The Bertz CT molecular complexity index is 3230. The molecule has 0 aliphatic heterocycles. The summed E-state index contributed by atoms with van der Waals surface area (Å²) in [5.74, 6) is 0.667. The summed E-state index contributed by atoms with van der Waals surface area (Å²) in [6.45, 7) is 0. The van der Waals surface area contributed by atoms with Crippen LogP contribution < -0.4 is 0 Å². The van der Waals surface area contributed by atoms with Crippen LogP contribution in [0.15, 0.2) is 203 Å². The van der Waals surface area contributed by atoms with Crippen LogP contribution in [0.4, 0.5) is 0 Å². The van der Waals surface area contributed by atoms with Gasteiger partial charge in [0, 0.05) is 38.2 Å². The van der Waals surface area contributed by atoms with Gasteiger partial charge >= 0.3 is 0 Å². The molecule has 0 bridgehead atoms. The van der Waals surface area contributed by atoms with Gasteiger partial charge in [0.2, 0.25) is 0 Å². The number of aromatic nitrogens is 2. The highest BCUT2D eigenvalue weighted by Gasteiger charge is 2.16. The SMILES string of the molecule is c1ccc(-c2ccc(-c3cc(-c4ccc5oc6ccccc6c5c4)cc(-c4cc(-c5ccc6oc7ccccc7c6c5)nc(-c5ccccc5)n4)c3)cc2)cc1.